The Morgan fingerprint density at radius 3 is 2.67 bits per heavy atom. The van der Waals surface area contributed by atoms with Gasteiger partial charge in [-0.15, -0.1) is 0 Å². The molecule has 1 N–H and O–H groups in total. The van der Waals surface area contributed by atoms with Gasteiger partial charge in [-0.3, -0.25) is 4.90 Å². The number of nitrogens with one attached hydrogen (secondary N) is 1. The van der Waals surface area contributed by atoms with E-state index in [1.54, 1.807) is 12.0 Å². The predicted molar refractivity (Wildman–Crippen MR) is 80.3 cm³/mol. The van der Waals surface area contributed by atoms with Crippen LogP contribution < -0.4 is 5.32 Å². The summed E-state index contributed by atoms with van der Waals surface area (Å²) in [5.74, 6) is -0.470. The van der Waals surface area contributed by atoms with E-state index >= 15 is 0 Å². The number of ether oxygens (including phenoxy) is 1. The van der Waals surface area contributed by atoms with E-state index in [1.165, 1.54) is 18.2 Å². The second-order valence-electron chi connectivity index (χ2n) is 4.91. The minimum Gasteiger partial charge on any atom is -0.383 e. The number of urea groups is 1. The summed E-state index contributed by atoms with van der Waals surface area (Å²) in [4.78, 5) is 16.1. The van der Waals surface area contributed by atoms with Gasteiger partial charge in [0, 0.05) is 50.5 Å². The summed E-state index contributed by atoms with van der Waals surface area (Å²) >= 11 is 5.76. The minimum absolute atomic E-state index is 0.233. The average molecular weight is 316 g/mol. The molecule has 0 radical (unpaired) electrons. The third-order valence-electron chi connectivity index (χ3n) is 3.38. The largest absolute Gasteiger partial charge is 0.383 e. The van der Waals surface area contributed by atoms with Crippen molar-refractivity contribution in [2.24, 2.45) is 0 Å². The van der Waals surface area contributed by atoms with Crippen LogP contribution in [-0.2, 0) is 4.74 Å². The van der Waals surface area contributed by atoms with Crippen LogP contribution in [0.4, 0.5) is 14.9 Å². The maximum Gasteiger partial charge on any atom is 0.321 e. The molecule has 0 aromatic heterocycles. The van der Waals surface area contributed by atoms with Gasteiger partial charge in [-0.2, -0.15) is 0 Å². The molecule has 0 aliphatic carbocycles. The van der Waals surface area contributed by atoms with E-state index in [2.05, 4.69) is 10.2 Å². The Morgan fingerprint density at radius 2 is 2.05 bits per heavy atom. The number of benzene rings is 1. The molecular weight excluding hydrogens is 297 g/mol. The van der Waals surface area contributed by atoms with Gasteiger partial charge in [0.15, 0.2) is 0 Å². The lowest BCUT2D eigenvalue weighted by molar-refractivity contribution is 0.109. The first-order valence-corrected chi connectivity index (χ1v) is 7.19. The van der Waals surface area contributed by atoms with Crippen LogP contribution in [0.25, 0.3) is 0 Å². The summed E-state index contributed by atoms with van der Waals surface area (Å²) in [5, 5.41) is 2.93. The molecule has 1 saturated heterocycles. The molecule has 1 heterocycles. The Kier molecular flexibility index (Phi) is 5.78. The van der Waals surface area contributed by atoms with Crippen molar-refractivity contribution in [3.63, 3.8) is 0 Å². The SMILES string of the molecule is COCCN1CCN(C(=O)Nc2cc(F)cc(Cl)c2)CC1. The number of hydrogen-bond donors (Lipinski definition) is 1. The topological polar surface area (TPSA) is 44.8 Å². The normalized spacial score (nSPS) is 16.0. The summed E-state index contributed by atoms with van der Waals surface area (Å²) < 4.78 is 18.3. The zero-order chi connectivity index (χ0) is 15.2. The fourth-order valence-electron chi connectivity index (χ4n) is 2.22. The zero-order valence-corrected chi connectivity index (χ0v) is 12.7. The molecule has 1 aliphatic rings. The number of rotatable bonds is 4. The number of anilines is 1. The van der Waals surface area contributed by atoms with Crippen LogP contribution in [0.5, 0.6) is 0 Å². The van der Waals surface area contributed by atoms with Crippen molar-refractivity contribution < 1.29 is 13.9 Å². The molecule has 1 aromatic rings. The number of nitrogens with zero attached hydrogens (tertiary/aromatic N) is 2. The second kappa shape index (κ2) is 7.59. The number of methoxy groups -OCH3 is 1. The number of carbonyl (C=O) groups is 1. The molecule has 116 valence electrons. The van der Waals surface area contributed by atoms with E-state index in [1.807, 2.05) is 0 Å². The Bertz CT molecular complexity index is 473. The van der Waals surface area contributed by atoms with E-state index < -0.39 is 5.82 Å². The van der Waals surface area contributed by atoms with Crippen molar-refractivity contribution >= 4 is 23.3 Å². The molecule has 0 atom stereocenters. The molecule has 1 aliphatic heterocycles. The number of hydrogen-bond acceptors (Lipinski definition) is 3. The van der Waals surface area contributed by atoms with Gasteiger partial charge in [0.1, 0.15) is 5.82 Å². The lowest BCUT2D eigenvalue weighted by atomic mass is 10.3. The highest BCUT2D eigenvalue weighted by Gasteiger charge is 2.20. The molecule has 1 fully saturated rings. The quantitative estimate of drug-likeness (QED) is 0.927. The second-order valence-corrected chi connectivity index (χ2v) is 5.35. The van der Waals surface area contributed by atoms with Gasteiger partial charge in [-0.1, -0.05) is 11.6 Å². The molecule has 0 spiro atoms. The summed E-state index contributed by atoms with van der Waals surface area (Å²) in [6.07, 6.45) is 0. The summed E-state index contributed by atoms with van der Waals surface area (Å²) in [7, 11) is 1.67. The molecular formula is C14H19ClFN3O2. The molecule has 0 unspecified atom stereocenters. The Labute approximate surface area is 128 Å². The third kappa shape index (κ3) is 4.84. The van der Waals surface area contributed by atoms with Crippen molar-refractivity contribution in [2.75, 3.05) is 51.8 Å². The first-order valence-electron chi connectivity index (χ1n) is 6.82. The van der Waals surface area contributed by atoms with E-state index in [4.69, 9.17) is 16.3 Å². The standard InChI is InChI=1S/C14H19ClFN3O2/c1-21-7-6-18-2-4-19(5-3-18)14(20)17-13-9-11(15)8-12(16)10-13/h8-10H,2-7H2,1H3,(H,17,20). The van der Waals surface area contributed by atoms with E-state index in [0.717, 1.165) is 19.6 Å². The van der Waals surface area contributed by atoms with Crippen molar-refractivity contribution in [2.45, 2.75) is 0 Å². The highest BCUT2D eigenvalue weighted by atomic mass is 35.5. The molecule has 0 saturated carbocycles. The molecule has 2 rings (SSSR count). The van der Waals surface area contributed by atoms with E-state index in [0.29, 0.717) is 25.4 Å². The molecule has 5 nitrogen and oxygen atoms in total. The van der Waals surface area contributed by atoms with Crippen LogP contribution in [0, 0.1) is 5.82 Å². The highest BCUT2D eigenvalue weighted by Crippen LogP contribution is 2.18. The van der Waals surface area contributed by atoms with Crippen LogP contribution in [0.15, 0.2) is 18.2 Å². The zero-order valence-electron chi connectivity index (χ0n) is 11.9. The van der Waals surface area contributed by atoms with E-state index in [-0.39, 0.29) is 11.1 Å². The Hall–Kier alpha value is -1.37. The predicted octanol–water partition coefficient (Wildman–Crippen LogP) is 2.28. The summed E-state index contributed by atoms with van der Waals surface area (Å²) in [6, 6.07) is 3.74. The fraction of sp³-hybridized carbons (Fsp3) is 0.500. The summed E-state index contributed by atoms with van der Waals surface area (Å²) in [6.45, 7) is 4.44. The third-order valence-corrected chi connectivity index (χ3v) is 3.60. The number of piperazine rings is 1. The maximum atomic E-state index is 13.2. The monoisotopic (exact) mass is 315 g/mol. The first kappa shape index (κ1) is 16.0. The fourth-order valence-corrected chi connectivity index (χ4v) is 2.45. The van der Waals surface area contributed by atoms with Gasteiger partial charge in [-0.25, -0.2) is 9.18 Å². The van der Waals surface area contributed by atoms with Crippen LogP contribution >= 0.6 is 11.6 Å². The highest BCUT2D eigenvalue weighted by molar-refractivity contribution is 6.30. The van der Waals surface area contributed by atoms with Crippen LogP contribution in [0.1, 0.15) is 0 Å². The van der Waals surface area contributed by atoms with Crippen LogP contribution in [0.3, 0.4) is 0 Å². The van der Waals surface area contributed by atoms with Gasteiger partial charge in [0.25, 0.3) is 0 Å². The molecule has 2 amide bonds. The van der Waals surface area contributed by atoms with Gasteiger partial charge < -0.3 is 15.0 Å². The molecule has 1 aromatic carbocycles. The van der Waals surface area contributed by atoms with Crippen molar-refractivity contribution in [3.8, 4) is 0 Å². The number of halogens is 2. The summed E-state index contributed by atoms with van der Waals surface area (Å²) in [5.41, 5.74) is 0.367. The lowest BCUT2D eigenvalue weighted by Gasteiger charge is -2.34. The first-order chi connectivity index (χ1) is 10.1. The Balaban J connectivity index is 1.84. The van der Waals surface area contributed by atoms with E-state index in [9.17, 15) is 9.18 Å². The van der Waals surface area contributed by atoms with Crippen LogP contribution in [0.2, 0.25) is 5.02 Å². The number of amides is 2. The van der Waals surface area contributed by atoms with Crippen molar-refractivity contribution in [3.05, 3.63) is 29.0 Å². The smallest absolute Gasteiger partial charge is 0.321 e. The van der Waals surface area contributed by atoms with Crippen molar-refractivity contribution in [1.29, 1.82) is 0 Å². The molecule has 7 heteroatoms. The van der Waals surface area contributed by atoms with Gasteiger partial charge in [0.05, 0.1) is 6.61 Å². The van der Waals surface area contributed by atoms with Crippen LogP contribution in [-0.4, -0.2) is 62.3 Å². The van der Waals surface area contributed by atoms with Crippen molar-refractivity contribution in [1.82, 2.24) is 9.80 Å². The molecule has 21 heavy (non-hydrogen) atoms. The van der Waals surface area contributed by atoms with Gasteiger partial charge >= 0.3 is 6.03 Å². The maximum absolute atomic E-state index is 13.2. The molecule has 0 bridgehead atoms. The lowest BCUT2D eigenvalue weighted by Crippen LogP contribution is -2.50. The van der Waals surface area contributed by atoms with Gasteiger partial charge in [-0.05, 0) is 18.2 Å². The minimum atomic E-state index is -0.470. The average Bonchev–Trinajstić information content (AvgIpc) is 2.44. The Morgan fingerprint density at radius 1 is 1.33 bits per heavy atom. The van der Waals surface area contributed by atoms with Gasteiger partial charge in [0.2, 0.25) is 0 Å². The number of carbonyl (C=O) groups excluding carboxylic acids is 1.